The minimum atomic E-state index is -1.20. The highest BCUT2D eigenvalue weighted by molar-refractivity contribution is 9.10. The number of oxime groups is 1. The van der Waals surface area contributed by atoms with E-state index in [1.807, 2.05) is 0 Å². The van der Waals surface area contributed by atoms with Crippen LogP contribution in [0.3, 0.4) is 0 Å². The number of nitrogens with one attached hydrogen (secondary N) is 1. The van der Waals surface area contributed by atoms with Crippen LogP contribution >= 0.6 is 27.5 Å². The van der Waals surface area contributed by atoms with Crippen LogP contribution in [0.4, 0.5) is 5.69 Å². The lowest BCUT2D eigenvalue weighted by molar-refractivity contribution is -0.129. The van der Waals surface area contributed by atoms with Gasteiger partial charge in [0.1, 0.15) is 0 Å². The number of carboxylic acid groups (broad SMARTS) is 1. The zero-order chi connectivity index (χ0) is 14.0. The van der Waals surface area contributed by atoms with E-state index >= 15 is 0 Å². The number of benzene rings is 1. The van der Waals surface area contributed by atoms with Gasteiger partial charge in [-0.15, -0.1) is 0 Å². The van der Waals surface area contributed by atoms with Gasteiger partial charge in [-0.25, -0.2) is 4.79 Å². The van der Waals surface area contributed by atoms with Crippen LogP contribution in [-0.2, 0) is 14.4 Å². The summed E-state index contributed by atoms with van der Waals surface area (Å²) in [5.74, 6) is -1.68. The first-order valence-corrected chi connectivity index (χ1v) is 6.37. The lowest BCUT2D eigenvalue weighted by Gasteiger charge is -2.11. The average Bonchev–Trinajstić information content (AvgIpc) is 2.84. The molecule has 1 aliphatic heterocycles. The van der Waals surface area contributed by atoms with E-state index in [2.05, 4.69) is 26.4 Å². The predicted molar refractivity (Wildman–Crippen MR) is 72.3 cm³/mol. The summed E-state index contributed by atoms with van der Waals surface area (Å²) in [6.45, 7) is 0. The molecular weight excluding hydrogens is 339 g/mol. The number of aliphatic carboxylic acids is 1. The maximum absolute atomic E-state index is 11.9. The zero-order valence-electron chi connectivity index (χ0n) is 9.39. The minimum absolute atomic E-state index is 0.0701. The molecule has 6 nitrogen and oxygen atoms in total. The van der Waals surface area contributed by atoms with E-state index in [9.17, 15) is 9.59 Å². The molecule has 0 spiro atoms. The summed E-state index contributed by atoms with van der Waals surface area (Å²) in [6.07, 6.45) is -1.02. The van der Waals surface area contributed by atoms with Crippen molar-refractivity contribution in [3.05, 3.63) is 27.7 Å². The maximum Gasteiger partial charge on any atom is 0.353 e. The standard InChI is InChI=1S/C11H8BrClN2O4/c12-9-5(13)2-1-3-6(9)14-10(16)8-4-7(11(17)18)15-19-8/h1-3,8H,4H2,(H,14,16)(H,17,18). The summed E-state index contributed by atoms with van der Waals surface area (Å²) in [6, 6.07) is 5.00. The fourth-order valence-corrected chi connectivity index (χ4v) is 2.00. The van der Waals surface area contributed by atoms with Gasteiger partial charge >= 0.3 is 5.97 Å². The van der Waals surface area contributed by atoms with Crippen LogP contribution < -0.4 is 5.32 Å². The van der Waals surface area contributed by atoms with Gasteiger partial charge < -0.3 is 15.3 Å². The van der Waals surface area contributed by atoms with Crippen molar-refractivity contribution >= 4 is 50.8 Å². The summed E-state index contributed by atoms with van der Waals surface area (Å²) in [4.78, 5) is 27.3. The number of carbonyl (C=O) groups is 2. The van der Waals surface area contributed by atoms with Gasteiger partial charge in [0.25, 0.3) is 5.91 Å². The Morgan fingerprint density at radius 2 is 2.26 bits per heavy atom. The maximum atomic E-state index is 11.9. The Bertz CT molecular complexity index is 576. The fraction of sp³-hybridized carbons (Fsp3) is 0.182. The molecule has 100 valence electrons. The normalized spacial score (nSPS) is 17.6. The molecule has 8 heteroatoms. The molecule has 1 aromatic carbocycles. The minimum Gasteiger partial charge on any atom is -0.477 e. The first-order chi connectivity index (χ1) is 8.99. The first kappa shape index (κ1) is 13.8. The summed E-state index contributed by atoms with van der Waals surface area (Å²) >= 11 is 9.13. The van der Waals surface area contributed by atoms with Crippen LogP contribution in [0.1, 0.15) is 6.42 Å². The molecule has 19 heavy (non-hydrogen) atoms. The first-order valence-electron chi connectivity index (χ1n) is 5.20. The lowest BCUT2D eigenvalue weighted by atomic mass is 10.1. The van der Waals surface area contributed by atoms with Gasteiger partial charge in [0.15, 0.2) is 5.71 Å². The number of hydrogen-bond donors (Lipinski definition) is 2. The van der Waals surface area contributed by atoms with E-state index in [1.54, 1.807) is 18.2 Å². The van der Waals surface area contributed by atoms with Crippen LogP contribution in [0.15, 0.2) is 27.8 Å². The van der Waals surface area contributed by atoms with Crippen molar-refractivity contribution in [3.63, 3.8) is 0 Å². The lowest BCUT2D eigenvalue weighted by Crippen LogP contribution is -2.29. The van der Waals surface area contributed by atoms with Crippen molar-refractivity contribution in [3.8, 4) is 0 Å². The summed E-state index contributed by atoms with van der Waals surface area (Å²) in [5, 5.41) is 15.1. The second-order valence-electron chi connectivity index (χ2n) is 3.73. The molecule has 1 aliphatic rings. The average molecular weight is 348 g/mol. The number of amides is 1. The Hall–Kier alpha value is -1.60. The number of carboxylic acids is 1. The quantitative estimate of drug-likeness (QED) is 0.878. The predicted octanol–water partition coefficient (Wildman–Crippen LogP) is 2.27. The molecule has 0 radical (unpaired) electrons. The third-order valence-corrected chi connectivity index (χ3v) is 3.82. The smallest absolute Gasteiger partial charge is 0.353 e. The third-order valence-electron chi connectivity index (χ3n) is 2.42. The van der Waals surface area contributed by atoms with Gasteiger partial charge in [0.05, 0.1) is 15.2 Å². The summed E-state index contributed by atoms with van der Waals surface area (Å²) < 4.78 is 0.544. The number of anilines is 1. The molecule has 0 aliphatic carbocycles. The molecule has 1 unspecified atom stereocenters. The monoisotopic (exact) mass is 346 g/mol. The molecule has 0 fully saturated rings. The third kappa shape index (κ3) is 3.05. The highest BCUT2D eigenvalue weighted by Crippen LogP contribution is 2.30. The Balaban J connectivity index is 2.03. The highest BCUT2D eigenvalue weighted by atomic mass is 79.9. The molecule has 1 amide bonds. The van der Waals surface area contributed by atoms with E-state index in [-0.39, 0.29) is 12.1 Å². The van der Waals surface area contributed by atoms with E-state index in [0.717, 1.165) is 0 Å². The summed E-state index contributed by atoms with van der Waals surface area (Å²) in [5.41, 5.74) is 0.301. The zero-order valence-corrected chi connectivity index (χ0v) is 11.7. The van der Waals surface area contributed by atoms with Crippen LogP contribution in [0.25, 0.3) is 0 Å². The van der Waals surface area contributed by atoms with Crippen molar-refractivity contribution < 1.29 is 19.5 Å². The second-order valence-corrected chi connectivity index (χ2v) is 4.93. The second kappa shape index (κ2) is 5.58. The fourth-order valence-electron chi connectivity index (χ4n) is 1.46. The molecule has 2 rings (SSSR count). The Labute approximate surface area is 121 Å². The van der Waals surface area contributed by atoms with Crippen LogP contribution in [0.2, 0.25) is 5.02 Å². The summed E-state index contributed by atoms with van der Waals surface area (Å²) in [7, 11) is 0. The number of hydrogen-bond acceptors (Lipinski definition) is 4. The van der Waals surface area contributed by atoms with Gasteiger partial charge in [-0.3, -0.25) is 4.79 Å². The highest BCUT2D eigenvalue weighted by Gasteiger charge is 2.31. The SMILES string of the molecule is O=C(O)C1=NOC(C(=O)Nc2cccc(Cl)c2Br)C1. The molecule has 0 aromatic heterocycles. The molecule has 0 saturated heterocycles. The number of halogens is 2. The Morgan fingerprint density at radius 3 is 2.89 bits per heavy atom. The van der Waals surface area contributed by atoms with E-state index < -0.39 is 18.0 Å². The van der Waals surface area contributed by atoms with Gasteiger partial charge in [-0.05, 0) is 28.1 Å². The van der Waals surface area contributed by atoms with Crippen molar-refractivity contribution in [2.45, 2.75) is 12.5 Å². The largest absolute Gasteiger partial charge is 0.477 e. The van der Waals surface area contributed by atoms with Crippen LogP contribution in [0, 0.1) is 0 Å². The molecule has 2 N–H and O–H groups in total. The van der Waals surface area contributed by atoms with Gasteiger partial charge in [0.2, 0.25) is 6.10 Å². The van der Waals surface area contributed by atoms with Crippen LogP contribution in [0.5, 0.6) is 0 Å². The van der Waals surface area contributed by atoms with Gasteiger partial charge in [-0.1, -0.05) is 22.8 Å². The Morgan fingerprint density at radius 1 is 1.53 bits per heavy atom. The van der Waals surface area contributed by atoms with E-state index in [4.69, 9.17) is 21.5 Å². The van der Waals surface area contributed by atoms with Crippen molar-refractivity contribution in [1.82, 2.24) is 0 Å². The van der Waals surface area contributed by atoms with Crippen molar-refractivity contribution in [2.75, 3.05) is 5.32 Å². The van der Waals surface area contributed by atoms with Crippen molar-refractivity contribution in [1.29, 1.82) is 0 Å². The molecule has 1 atom stereocenters. The molecule has 1 heterocycles. The molecule has 0 saturated carbocycles. The molecular formula is C11H8BrClN2O4. The number of nitrogens with zero attached hydrogens (tertiary/aromatic N) is 1. The van der Waals surface area contributed by atoms with Crippen molar-refractivity contribution in [2.24, 2.45) is 5.16 Å². The van der Waals surface area contributed by atoms with E-state index in [1.165, 1.54) is 0 Å². The number of carbonyl (C=O) groups excluding carboxylic acids is 1. The van der Waals surface area contributed by atoms with E-state index in [0.29, 0.717) is 15.2 Å². The Kier molecular flexibility index (Phi) is 4.06. The number of rotatable bonds is 3. The molecule has 0 bridgehead atoms. The van der Waals surface area contributed by atoms with Gasteiger partial charge in [-0.2, -0.15) is 0 Å². The topological polar surface area (TPSA) is 88.0 Å². The van der Waals surface area contributed by atoms with Crippen LogP contribution in [-0.4, -0.2) is 28.8 Å². The van der Waals surface area contributed by atoms with Gasteiger partial charge in [0, 0.05) is 6.42 Å². The molecule has 1 aromatic rings.